The van der Waals surface area contributed by atoms with Crippen LogP contribution in [0.5, 0.6) is 0 Å². The number of hydrogen-bond donors (Lipinski definition) is 2. The predicted octanol–water partition coefficient (Wildman–Crippen LogP) is 5.67. The van der Waals surface area contributed by atoms with Crippen LogP contribution < -0.4 is 10.6 Å². The lowest BCUT2D eigenvalue weighted by Gasteiger charge is -2.17. The topological polar surface area (TPSA) is 79.8 Å². The van der Waals surface area contributed by atoms with Crippen molar-refractivity contribution in [3.63, 3.8) is 0 Å². The van der Waals surface area contributed by atoms with Crippen molar-refractivity contribution in [1.29, 1.82) is 0 Å². The number of halogens is 2. The summed E-state index contributed by atoms with van der Waals surface area (Å²) in [6, 6.07) is 18.3. The molecular formula is C25H23F2N3O3. The second kappa shape index (κ2) is 11.0. The first-order valence-corrected chi connectivity index (χ1v) is 10.3. The summed E-state index contributed by atoms with van der Waals surface area (Å²) in [5.41, 5.74) is 1.23. The van der Waals surface area contributed by atoms with E-state index >= 15 is 0 Å². The fourth-order valence-corrected chi connectivity index (χ4v) is 2.94. The maximum absolute atomic E-state index is 13.7. The standard InChI is InChI=1S/C25H23F2N3O3/c1-16(2)15-28-33-23(17-7-4-3-5-8-17)18-11-13-19(14-12-18)29-25(32)30-24(31)22-20(26)9-6-10-21(22)27/h3-16,23H,1-2H3,(H2,29,30,31,32). The predicted molar refractivity (Wildman–Crippen MR) is 122 cm³/mol. The number of nitrogens with one attached hydrogen (secondary N) is 2. The SMILES string of the molecule is CC(C)C=NOC(c1ccccc1)c1ccc(NC(=O)NC(=O)c2c(F)cccc2F)cc1. The summed E-state index contributed by atoms with van der Waals surface area (Å²) < 4.78 is 27.4. The second-order valence-electron chi connectivity index (χ2n) is 7.52. The average Bonchev–Trinajstić information content (AvgIpc) is 2.78. The van der Waals surface area contributed by atoms with E-state index in [9.17, 15) is 18.4 Å². The maximum Gasteiger partial charge on any atom is 0.326 e. The highest BCUT2D eigenvalue weighted by Gasteiger charge is 2.20. The first kappa shape index (κ1) is 23.6. The van der Waals surface area contributed by atoms with E-state index in [1.807, 2.05) is 49.5 Å². The molecule has 0 aliphatic rings. The Morgan fingerprint density at radius 3 is 2.09 bits per heavy atom. The molecule has 0 spiro atoms. The van der Waals surface area contributed by atoms with Gasteiger partial charge in [-0.05, 0) is 41.3 Å². The summed E-state index contributed by atoms with van der Waals surface area (Å²) in [5, 5.41) is 8.44. The molecule has 6 nitrogen and oxygen atoms in total. The minimum Gasteiger partial charge on any atom is -0.383 e. The molecular weight excluding hydrogens is 428 g/mol. The third-order valence-electron chi connectivity index (χ3n) is 4.52. The van der Waals surface area contributed by atoms with Crippen LogP contribution in [0, 0.1) is 17.6 Å². The van der Waals surface area contributed by atoms with Gasteiger partial charge in [-0.2, -0.15) is 0 Å². The van der Waals surface area contributed by atoms with Crippen LogP contribution in [-0.2, 0) is 4.84 Å². The minimum absolute atomic E-state index is 0.229. The van der Waals surface area contributed by atoms with E-state index in [0.717, 1.165) is 29.3 Å². The van der Waals surface area contributed by atoms with Crippen molar-refractivity contribution in [2.45, 2.75) is 20.0 Å². The molecule has 0 fully saturated rings. The van der Waals surface area contributed by atoms with Gasteiger partial charge in [-0.15, -0.1) is 0 Å². The Balaban J connectivity index is 1.70. The molecule has 33 heavy (non-hydrogen) atoms. The van der Waals surface area contributed by atoms with Gasteiger partial charge in [0.2, 0.25) is 0 Å². The number of oxime groups is 1. The van der Waals surface area contributed by atoms with E-state index in [1.165, 1.54) is 0 Å². The molecule has 1 unspecified atom stereocenters. The summed E-state index contributed by atoms with van der Waals surface area (Å²) in [7, 11) is 0. The Labute approximate surface area is 190 Å². The lowest BCUT2D eigenvalue weighted by Crippen LogP contribution is -2.35. The fraction of sp³-hybridized carbons (Fsp3) is 0.160. The highest BCUT2D eigenvalue weighted by Crippen LogP contribution is 2.27. The van der Waals surface area contributed by atoms with Crippen LogP contribution in [0.2, 0.25) is 0 Å². The molecule has 170 valence electrons. The molecule has 0 aliphatic carbocycles. The lowest BCUT2D eigenvalue weighted by atomic mass is 10.0. The number of amides is 3. The largest absolute Gasteiger partial charge is 0.383 e. The number of nitrogens with zero attached hydrogens (tertiary/aromatic N) is 1. The monoisotopic (exact) mass is 451 g/mol. The van der Waals surface area contributed by atoms with Gasteiger partial charge in [0.15, 0.2) is 6.10 Å². The van der Waals surface area contributed by atoms with Gasteiger partial charge in [-0.25, -0.2) is 13.6 Å². The van der Waals surface area contributed by atoms with Crippen LogP contribution in [0.15, 0.2) is 78.0 Å². The number of rotatable bonds is 7. The fourth-order valence-electron chi connectivity index (χ4n) is 2.94. The van der Waals surface area contributed by atoms with Crippen LogP contribution in [0.4, 0.5) is 19.3 Å². The molecule has 0 aliphatic heterocycles. The Hall–Kier alpha value is -4.07. The Kier molecular flexibility index (Phi) is 7.86. The van der Waals surface area contributed by atoms with Gasteiger partial charge >= 0.3 is 6.03 Å². The molecule has 3 rings (SSSR count). The van der Waals surface area contributed by atoms with Crippen LogP contribution in [0.3, 0.4) is 0 Å². The van der Waals surface area contributed by atoms with Gasteiger partial charge in [0.05, 0.1) is 0 Å². The Bertz CT molecular complexity index is 1110. The Morgan fingerprint density at radius 1 is 0.879 bits per heavy atom. The number of carbonyl (C=O) groups excluding carboxylic acids is 2. The average molecular weight is 451 g/mol. The van der Waals surface area contributed by atoms with Crippen LogP contribution >= 0.6 is 0 Å². The van der Waals surface area contributed by atoms with Gasteiger partial charge in [0, 0.05) is 11.9 Å². The molecule has 2 N–H and O–H groups in total. The molecule has 3 aromatic carbocycles. The van der Waals surface area contributed by atoms with E-state index in [2.05, 4.69) is 10.5 Å². The number of imide groups is 1. The van der Waals surface area contributed by atoms with Crippen molar-refractivity contribution in [1.82, 2.24) is 5.32 Å². The van der Waals surface area contributed by atoms with Crippen molar-refractivity contribution < 1.29 is 23.2 Å². The summed E-state index contributed by atoms with van der Waals surface area (Å²) in [6.07, 6.45) is 1.24. The zero-order chi connectivity index (χ0) is 23.8. The third kappa shape index (κ3) is 6.46. The molecule has 0 heterocycles. The quantitative estimate of drug-likeness (QED) is 0.359. The van der Waals surface area contributed by atoms with Gasteiger partial charge in [-0.3, -0.25) is 10.1 Å². The zero-order valence-electron chi connectivity index (χ0n) is 18.1. The molecule has 8 heteroatoms. The number of carbonyl (C=O) groups is 2. The van der Waals surface area contributed by atoms with Crippen LogP contribution in [0.25, 0.3) is 0 Å². The summed E-state index contributed by atoms with van der Waals surface area (Å²) in [4.78, 5) is 29.9. The van der Waals surface area contributed by atoms with Gasteiger partial charge in [-0.1, -0.05) is 67.5 Å². The van der Waals surface area contributed by atoms with Crippen LogP contribution in [-0.4, -0.2) is 18.2 Å². The second-order valence-corrected chi connectivity index (χ2v) is 7.52. The van der Waals surface area contributed by atoms with E-state index in [1.54, 1.807) is 30.5 Å². The van der Waals surface area contributed by atoms with Gasteiger partial charge < -0.3 is 10.2 Å². The first-order chi connectivity index (χ1) is 15.8. The van der Waals surface area contributed by atoms with Crippen molar-refractivity contribution in [3.05, 3.63) is 101 Å². The number of urea groups is 1. The number of hydrogen-bond acceptors (Lipinski definition) is 4. The summed E-state index contributed by atoms with van der Waals surface area (Å²) in [6.45, 7) is 3.97. The van der Waals surface area contributed by atoms with Crippen molar-refractivity contribution >= 4 is 23.8 Å². The maximum atomic E-state index is 13.7. The number of benzene rings is 3. The minimum atomic E-state index is -1.18. The number of anilines is 1. The molecule has 0 saturated heterocycles. The zero-order valence-corrected chi connectivity index (χ0v) is 18.1. The molecule has 0 bridgehead atoms. The normalized spacial score (nSPS) is 11.9. The Morgan fingerprint density at radius 2 is 1.48 bits per heavy atom. The molecule has 3 aromatic rings. The van der Waals surface area contributed by atoms with E-state index in [-0.39, 0.29) is 5.92 Å². The van der Waals surface area contributed by atoms with E-state index in [4.69, 9.17) is 4.84 Å². The molecule has 1 atom stereocenters. The molecule has 3 amide bonds. The van der Waals surface area contributed by atoms with Crippen molar-refractivity contribution in [3.8, 4) is 0 Å². The summed E-state index contributed by atoms with van der Waals surface area (Å²) >= 11 is 0. The highest BCUT2D eigenvalue weighted by molar-refractivity contribution is 6.08. The third-order valence-corrected chi connectivity index (χ3v) is 4.52. The van der Waals surface area contributed by atoms with Gasteiger partial charge in [0.25, 0.3) is 5.91 Å². The lowest BCUT2D eigenvalue weighted by molar-refractivity contribution is 0.0877. The summed E-state index contributed by atoms with van der Waals surface area (Å²) in [5.74, 6) is -3.07. The van der Waals surface area contributed by atoms with Gasteiger partial charge in [0.1, 0.15) is 17.2 Å². The van der Waals surface area contributed by atoms with Crippen molar-refractivity contribution in [2.24, 2.45) is 11.1 Å². The van der Waals surface area contributed by atoms with E-state index < -0.39 is 35.2 Å². The highest BCUT2D eigenvalue weighted by atomic mass is 19.1. The molecule has 0 radical (unpaired) electrons. The van der Waals surface area contributed by atoms with Crippen molar-refractivity contribution in [2.75, 3.05) is 5.32 Å². The first-order valence-electron chi connectivity index (χ1n) is 10.3. The van der Waals surface area contributed by atoms with Crippen LogP contribution in [0.1, 0.15) is 41.4 Å². The molecule has 0 saturated carbocycles. The van der Waals surface area contributed by atoms with E-state index in [0.29, 0.717) is 5.69 Å². The smallest absolute Gasteiger partial charge is 0.326 e. The molecule has 0 aromatic heterocycles.